The third kappa shape index (κ3) is 5.54. The second kappa shape index (κ2) is 8.53. The highest BCUT2D eigenvalue weighted by atomic mass is 19.4. The van der Waals surface area contributed by atoms with Gasteiger partial charge in [-0.05, 0) is 31.7 Å². The number of carbonyl (C=O) groups is 2. The minimum Gasteiger partial charge on any atom is -0.481 e. The van der Waals surface area contributed by atoms with E-state index < -0.39 is 53.9 Å². The smallest absolute Gasteiger partial charge is 0.413 e. The summed E-state index contributed by atoms with van der Waals surface area (Å²) >= 11 is 0. The number of hydrogen-bond donors (Lipinski definition) is 2. The Kier molecular flexibility index (Phi) is 6.61. The van der Waals surface area contributed by atoms with E-state index >= 15 is 0 Å². The molecule has 0 saturated heterocycles. The van der Waals surface area contributed by atoms with Gasteiger partial charge in [0, 0.05) is 11.5 Å². The van der Waals surface area contributed by atoms with E-state index in [2.05, 4.69) is 4.74 Å². The zero-order valence-electron chi connectivity index (χ0n) is 14.0. The van der Waals surface area contributed by atoms with Crippen molar-refractivity contribution < 1.29 is 41.4 Å². The topological polar surface area (TPSA) is 75.6 Å². The molecule has 2 rings (SSSR count). The second-order valence-electron chi connectivity index (χ2n) is 6.29. The summed E-state index contributed by atoms with van der Waals surface area (Å²) in [4.78, 5) is 23.2. The molecule has 1 fully saturated rings. The summed E-state index contributed by atoms with van der Waals surface area (Å²) in [6, 6.07) is 1.86. The molecule has 0 radical (unpaired) electrons. The fourth-order valence-electron chi connectivity index (χ4n) is 3.12. The van der Waals surface area contributed by atoms with Gasteiger partial charge in [-0.1, -0.05) is 18.2 Å². The Bertz CT molecular complexity index is 672. The zero-order valence-corrected chi connectivity index (χ0v) is 14.0. The van der Waals surface area contributed by atoms with Crippen LogP contribution >= 0.6 is 0 Å². The van der Waals surface area contributed by atoms with Crippen LogP contribution in [-0.2, 0) is 9.59 Å². The van der Waals surface area contributed by atoms with Crippen LogP contribution in [0.5, 0.6) is 5.75 Å². The third-order valence-corrected chi connectivity index (χ3v) is 4.51. The highest BCUT2D eigenvalue weighted by Crippen LogP contribution is 2.38. The first-order valence-corrected chi connectivity index (χ1v) is 8.23. The number of carboxylic acid groups (broad SMARTS) is 1. The Labute approximate surface area is 151 Å². The summed E-state index contributed by atoms with van der Waals surface area (Å²) in [5.74, 6) is -3.96. The van der Waals surface area contributed by atoms with Crippen LogP contribution in [0.2, 0.25) is 0 Å². The maximum atomic E-state index is 13.5. The van der Waals surface area contributed by atoms with Crippen molar-refractivity contribution in [3.8, 4) is 5.75 Å². The molecule has 1 aliphatic carbocycles. The molecule has 10 heteroatoms. The zero-order chi connectivity index (χ0) is 20.2. The van der Waals surface area contributed by atoms with Gasteiger partial charge in [0.2, 0.25) is 5.91 Å². The van der Waals surface area contributed by atoms with Gasteiger partial charge in [0.25, 0.3) is 0 Å². The van der Waals surface area contributed by atoms with Crippen molar-refractivity contribution in [1.29, 1.82) is 0 Å². The molecule has 0 bridgehead atoms. The number of nitrogens with one attached hydrogen (secondary N) is 1. The van der Waals surface area contributed by atoms with Gasteiger partial charge in [-0.15, -0.1) is 0 Å². The average Bonchev–Trinajstić information content (AvgIpc) is 2.59. The van der Waals surface area contributed by atoms with E-state index in [0.717, 1.165) is 12.1 Å². The lowest BCUT2D eigenvalue weighted by Gasteiger charge is -2.29. The molecule has 2 N–H and O–H groups in total. The largest absolute Gasteiger partial charge is 0.481 e. The molecule has 1 unspecified atom stereocenters. The van der Waals surface area contributed by atoms with Crippen molar-refractivity contribution in [3.63, 3.8) is 0 Å². The van der Waals surface area contributed by atoms with Crippen molar-refractivity contribution in [2.75, 3.05) is 0 Å². The summed E-state index contributed by atoms with van der Waals surface area (Å²) in [6.45, 7) is -3.32. The van der Waals surface area contributed by atoms with Crippen molar-refractivity contribution in [2.24, 2.45) is 11.8 Å². The Morgan fingerprint density at radius 3 is 2.15 bits per heavy atom. The molecule has 27 heavy (non-hydrogen) atoms. The van der Waals surface area contributed by atoms with E-state index in [1.54, 1.807) is 0 Å². The Balaban J connectivity index is 2.17. The van der Waals surface area contributed by atoms with Crippen LogP contribution in [0, 0.1) is 11.8 Å². The number of carbonyl (C=O) groups excluding carboxylic acids is 1. The number of rotatable bonds is 6. The van der Waals surface area contributed by atoms with Crippen LogP contribution < -0.4 is 10.1 Å². The van der Waals surface area contributed by atoms with Crippen LogP contribution in [0.3, 0.4) is 0 Å². The van der Waals surface area contributed by atoms with Crippen molar-refractivity contribution >= 4 is 11.9 Å². The van der Waals surface area contributed by atoms with Crippen LogP contribution in [0.25, 0.3) is 0 Å². The fraction of sp³-hybridized carbons (Fsp3) is 0.529. The number of alkyl halides is 5. The van der Waals surface area contributed by atoms with E-state index in [9.17, 15) is 31.5 Å². The third-order valence-electron chi connectivity index (χ3n) is 4.51. The molecule has 0 aliphatic heterocycles. The summed E-state index contributed by atoms with van der Waals surface area (Å²) in [5, 5.41) is 10.8. The van der Waals surface area contributed by atoms with Gasteiger partial charge in [0.15, 0.2) is 6.04 Å². The molecule has 0 aromatic heterocycles. The standard InChI is InChI=1S/C17H18F5NO4/c18-16(19)27-12-4-2-1-3-11(12)13(17(20,21)22)23-14(24)9-5-7-10(8-6-9)15(25)26/h1-4,9-10,13,16H,5-8H2,(H,23,24)(H,25,26). The molecule has 0 heterocycles. The number of benzene rings is 1. The molecule has 1 aromatic carbocycles. The molecule has 150 valence electrons. The molecule has 1 aliphatic rings. The molecule has 5 nitrogen and oxygen atoms in total. The van der Waals surface area contributed by atoms with Gasteiger partial charge < -0.3 is 15.2 Å². The molecular formula is C17H18F5NO4. The van der Waals surface area contributed by atoms with Crippen molar-refractivity contribution in [3.05, 3.63) is 29.8 Å². The molecule has 1 atom stereocenters. The molecular weight excluding hydrogens is 377 g/mol. The molecule has 1 amide bonds. The predicted molar refractivity (Wildman–Crippen MR) is 83.1 cm³/mol. The van der Waals surface area contributed by atoms with Gasteiger partial charge >= 0.3 is 18.8 Å². The monoisotopic (exact) mass is 395 g/mol. The summed E-state index contributed by atoms with van der Waals surface area (Å²) in [7, 11) is 0. The minimum atomic E-state index is -4.94. The number of hydrogen-bond acceptors (Lipinski definition) is 3. The average molecular weight is 395 g/mol. The second-order valence-corrected chi connectivity index (χ2v) is 6.29. The first-order chi connectivity index (χ1) is 12.6. The van der Waals surface area contributed by atoms with Gasteiger partial charge in [-0.3, -0.25) is 9.59 Å². The van der Waals surface area contributed by atoms with E-state index in [1.165, 1.54) is 12.1 Å². The van der Waals surface area contributed by atoms with Gasteiger partial charge in [0.1, 0.15) is 5.75 Å². The number of aliphatic carboxylic acids is 1. The van der Waals surface area contributed by atoms with Crippen molar-refractivity contribution in [1.82, 2.24) is 5.32 Å². The molecule has 1 saturated carbocycles. The summed E-state index contributed by atoms with van der Waals surface area (Å²) in [5.41, 5.74) is -0.627. The van der Waals surface area contributed by atoms with E-state index in [4.69, 9.17) is 5.11 Å². The predicted octanol–water partition coefficient (Wildman–Crippen LogP) is 3.90. The number of halogens is 5. The lowest BCUT2D eigenvalue weighted by Crippen LogP contribution is -2.42. The number of para-hydroxylation sites is 1. The highest BCUT2D eigenvalue weighted by molar-refractivity contribution is 5.80. The van der Waals surface area contributed by atoms with E-state index in [-0.39, 0.29) is 25.7 Å². The molecule has 0 spiro atoms. The SMILES string of the molecule is O=C(O)C1CCC(C(=O)NC(c2ccccc2OC(F)F)C(F)(F)F)CC1. The van der Waals surface area contributed by atoms with Gasteiger partial charge in [-0.2, -0.15) is 22.0 Å². The minimum absolute atomic E-state index is 0.141. The van der Waals surface area contributed by atoms with Gasteiger partial charge in [-0.25, -0.2) is 0 Å². The quantitative estimate of drug-likeness (QED) is 0.717. The Morgan fingerprint density at radius 1 is 1.07 bits per heavy atom. The highest BCUT2D eigenvalue weighted by Gasteiger charge is 2.44. The summed E-state index contributed by atoms with van der Waals surface area (Å²) < 4.78 is 69.5. The number of carboxylic acids is 1. The first kappa shape index (κ1) is 20.9. The Morgan fingerprint density at radius 2 is 1.63 bits per heavy atom. The number of amides is 1. The van der Waals surface area contributed by atoms with E-state index in [1.807, 2.05) is 5.32 Å². The maximum absolute atomic E-state index is 13.5. The summed E-state index contributed by atoms with van der Waals surface area (Å²) in [6.07, 6.45) is -4.27. The van der Waals surface area contributed by atoms with Crippen LogP contribution in [0.1, 0.15) is 37.3 Å². The lowest BCUT2D eigenvalue weighted by atomic mass is 9.81. The van der Waals surface area contributed by atoms with Gasteiger partial charge in [0.05, 0.1) is 5.92 Å². The van der Waals surface area contributed by atoms with Crippen molar-refractivity contribution in [2.45, 2.75) is 44.5 Å². The normalized spacial score (nSPS) is 21.6. The maximum Gasteiger partial charge on any atom is 0.413 e. The Hall–Kier alpha value is -2.39. The molecule has 1 aromatic rings. The lowest BCUT2D eigenvalue weighted by molar-refractivity contribution is -0.166. The van der Waals surface area contributed by atoms with Crippen LogP contribution in [0.4, 0.5) is 22.0 Å². The van der Waals surface area contributed by atoms with Crippen LogP contribution in [-0.4, -0.2) is 29.8 Å². The van der Waals surface area contributed by atoms with E-state index in [0.29, 0.717) is 0 Å². The number of ether oxygens (including phenoxy) is 1. The first-order valence-electron chi connectivity index (χ1n) is 8.23. The fourth-order valence-corrected chi connectivity index (χ4v) is 3.12. The van der Waals surface area contributed by atoms with Crippen LogP contribution in [0.15, 0.2) is 24.3 Å².